The number of anilines is 1. The van der Waals surface area contributed by atoms with E-state index in [1.54, 1.807) is 12.4 Å². The van der Waals surface area contributed by atoms with E-state index in [0.29, 0.717) is 19.4 Å². The number of pyridine rings is 1. The van der Waals surface area contributed by atoms with E-state index in [0.717, 1.165) is 16.8 Å². The standard InChI is InChI=1S/C18H19N3O2/c1-13-5-2-3-7-15(13)21-17(23)18(8-9-18)16(22)20-12-14-6-4-10-19-11-14/h2-7,10-11H,8-9,12H2,1H3,(H,20,22)(H,21,23). The Morgan fingerprint density at radius 3 is 2.57 bits per heavy atom. The summed E-state index contributed by atoms with van der Waals surface area (Å²) in [6, 6.07) is 11.3. The van der Waals surface area contributed by atoms with Crippen molar-refractivity contribution in [2.45, 2.75) is 26.3 Å². The fourth-order valence-corrected chi connectivity index (χ4v) is 2.49. The fourth-order valence-electron chi connectivity index (χ4n) is 2.49. The van der Waals surface area contributed by atoms with Crippen LogP contribution in [0, 0.1) is 12.3 Å². The molecule has 5 heteroatoms. The molecule has 118 valence electrons. The number of benzene rings is 1. The van der Waals surface area contributed by atoms with Crippen LogP contribution in [-0.2, 0) is 16.1 Å². The van der Waals surface area contributed by atoms with Gasteiger partial charge in [0.25, 0.3) is 0 Å². The number of para-hydroxylation sites is 1. The maximum absolute atomic E-state index is 12.5. The Balaban J connectivity index is 1.63. The SMILES string of the molecule is Cc1ccccc1NC(=O)C1(C(=O)NCc2cccnc2)CC1. The Kier molecular flexibility index (Phi) is 4.10. The Bertz CT molecular complexity index is 724. The van der Waals surface area contributed by atoms with Gasteiger partial charge in [0.2, 0.25) is 11.8 Å². The molecule has 0 radical (unpaired) electrons. The lowest BCUT2D eigenvalue weighted by Crippen LogP contribution is -2.39. The summed E-state index contributed by atoms with van der Waals surface area (Å²) in [5, 5.41) is 5.72. The van der Waals surface area contributed by atoms with Crippen molar-refractivity contribution in [2.24, 2.45) is 5.41 Å². The molecule has 1 aromatic heterocycles. The Morgan fingerprint density at radius 1 is 1.13 bits per heavy atom. The van der Waals surface area contributed by atoms with E-state index in [9.17, 15) is 9.59 Å². The normalized spacial score (nSPS) is 14.8. The van der Waals surface area contributed by atoms with Crippen LogP contribution in [0.3, 0.4) is 0 Å². The molecular weight excluding hydrogens is 290 g/mol. The van der Waals surface area contributed by atoms with Crippen molar-refractivity contribution in [1.82, 2.24) is 10.3 Å². The van der Waals surface area contributed by atoms with Crippen molar-refractivity contribution in [3.63, 3.8) is 0 Å². The molecule has 1 aliphatic carbocycles. The summed E-state index contributed by atoms with van der Waals surface area (Å²) in [6.45, 7) is 2.31. The van der Waals surface area contributed by atoms with Gasteiger partial charge in [-0.15, -0.1) is 0 Å². The molecule has 0 saturated heterocycles. The number of hydrogen-bond donors (Lipinski definition) is 2. The minimum Gasteiger partial charge on any atom is -0.351 e. The molecule has 1 fully saturated rings. The lowest BCUT2D eigenvalue weighted by atomic mass is 10.0. The zero-order chi connectivity index (χ0) is 16.3. The maximum Gasteiger partial charge on any atom is 0.240 e. The average molecular weight is 309 g/mol. The van der Waals surface area contributed by atoms with Crippen LogP contribution in [-0.4, -0.2) is 16.8 Å². The molecule has 2 aromatic rings. The predicted octanol–water partition coefficient (Wildman–Crippen LogP) is 2.43. The molecule has 2 amide bonds. The van der Waals surface area contributed by atoms with Crippen LogP contribution in [0.4, 0.5) is 5.69 Å². The minimum atomic E-state index is -0.926. The van der Waals surface area contributed by atoms with Gasteiger partial charge in [0.15, 0.2) is 0 Å². The molecule has 5 nitrogen and oxygen atoms in total. The van der Waals surface area contributed by atoms with Gasteiger partial charge in [0, 0.05) is 24.6 Å². The van der Waals surface area contributed by atoms with Crippen molar-refractivity contribution in [3.05, 3.63) is 59.9 Å². The second-order valence-electron chi connectivity index (χ2n) is 5.90. The third kappa shape index (κ3) is 3.23. The summed E-state index contributed by atoms with van der Waals surface area (Å²) in [4.78, 5) is 29.0. The number of carbonyl (C=O) groups is 2. The quantitative estimate of drug-likeness (QED) is 0.833. The number of hydrogen-bond acceptors (Lipinski definition) is 3. The van der Waals surface area contributed by atoms with Gasteiger partial charge >= 0.3 is 0 Å². The lowest BCUT2D eigenvalue weighted by Gasteiger charge is -2.16. The Labute approximate surface area is 135 Å². The molecule has 1 aromatic carbocycles. The zero-order valence-electron chi connectivity index (χ0n) is 13.0. The van der Waals surface area contributed by atoms with Gasteiger partial charge in [-0.25, -0.2) is 0 Å². The molecule has 3 rings (SSSR count). The highest BCUT2D eigenvalue weighted by atomic mass is 16.2. The van der Waals surface area contributed by atoms with Gasteiger partial charge in [-0.1, -0.05) is 24.3 Å². The summed E-state index contributed by atoms with van der Waals surface area (Å²) in [6.07, 6.45) is 4.56. The Hall–Kier alpha value is -2.69. The molecule has 2 N–H and O–H groups in total. The highest BCUT2D eigenvalue weighted by Crippen LogP contribution is 2.47. The number of aromatic nitrogens is 1. The first-order valence-corrected chi connectivity index (χ1v) is 7.66. The van der Waals surface area contributed by atoms with E-state index < -0.39 is 5.41 Å². The molecule has 23 heavy (non-hydrogen) atoms. The van der Waals surface area contributed by atoms with Gasteiger partial charge in [-0.2, -0.15) is 0 Å². The number of carbonyl (C=O) groups excluding carboxylic acids is 2. The molecule has 1 heterocycles. The summed E-state index contributed by atoms with van der Waals surface area (Å²) in [7, 11) is 0. The first-order valence-electron chi connectivity index (χ1n) is 7.66. The van der Waals surface area contributed by atoms with Gasteiger partial charge in [0.1, 0.15) is 5.41 Å². The van der Waals surface area contributed by atoms with E-state index in [1.807, 2.05) is 43.3 Å². The van der Waals surface area contributed by atoms with Crippen LogP contribution >= 0.6 is 0 Å². The van der Waals surface area contributed by atoms with E-state index in [2.05, 4.69) is 15.6 Å². The topological polar surface area (TPSA) is 71.1 Å². The van der Waals surface area contributed by atoms with Gasteiger partial charge in [-0.3, -0.25) is 14.6 Å². The molecule has 0 spiro atoms. The molecule has 0 atom stereocenters. The smallest absolute Gasteiger partial charge is 0.240 e. The summed E-state index contributed by atoms with van der Waals surface area (Å²) in [5.41, 5.74) is 1.72. The molecule has 0 unspecified atom stereocenters. The third-order valence-corrected chi connectivity index (χ3v) is 4.19. The summed E-state index contributed by atoms with van der Waals surface area (Å²) in [5.74, 6) is -0.442. The summed E-state index contributed by atoms with van der Waals surface area (Å²) < 4.78 is 0. The second-order valence-corrected chi connectivity index (χ2v) is 5.90. The molecular formula is C18H19N3O2. The van der Waals surface area contributed by atoms with Crippen LogP contribution in [0.5, 0.6) is 0 Å². The largest absolute Gasteiger partial charge is 0.351 e. The summed E-state index contributed by atoms with van der Waals surface area (Å²) >= 11 is 0. The average Bonchev–Trinajstić information content (AvgIpc) is 3.38. The third-order valence-electron chi connectivity index (χ3n) is 4.19. The van der Waals surface area contributed by atoms with Crippen molar-refractivity contribution in [1.29, 1.82) is 0 Å². The number of amides is 2. The van der Waals surface area contributed by atoms with E-state index >= 15 is 0 Å². The maximum atomic E-state index is 12.5. The van der Waals surface area contributed by atoms with E-state index in [1.165, 1.54) is 0 Å². The van der Waals surface area contributed by atoms with Crippen LogP contribution in [0.1, 0.15) is 24.0 Å². The van der Waals surface area contributed by atoms with Crippen molar-refractivity contribution in [3.8, 4) is 0 Å². The highest BCUT2D eigenvalue weighted by molar-refractivity contribution is 6.13. The van der Waals surface area contributed by atoms with Crippen molar-refractivity contribution < 1.29 is 9.59 Å². The van der Waals surface area contributed by atoms with Crippen LogP contribution in [0.25, 0.3) is 0 Å². The number of aryl methyl sites for hydroxylation is 1. The zero-order valence-corrected chi connectivity index (χ0v) is 13.0. The molecule has 1 aliphatic rings. The molecule has 0 aliphatic heterocycles. The monoisotopic (exact) mass is 309 g/mol. The van der Waals surface area contributed by atoms with Crippen molar-refractivity contribution in [2.75, 3.05) is 5.32 Å². The van der Waals surface area contributed by atoms with Crippen molar-refractivity contribution >= 4 is 17.5 Å². The highest BCUT2D eigenvalue weighted by Gasteiger charge is 2.56. The number of nitrogens with zero attached hydrogens (tertiary/aromatic N) is 1. The van der Waals surface area contributed by atoms with Crippen LogP contribution in [0.15, 0.2) is 48.8 Å². The van der Waals surface area contributed by atoms with Crippen LogP contribution < -0.4 is 10.6 Å². The molecule has 0 bridgehead atoms. The fraction of sp³-hybridized carbons (Fsp3) is 0.278. The van der Waals surface area contributed by atoms with Crippen LogP contribution in [0.2, 0.25) is 0 Å². The van der Waals surface area contributed by atoms with E-state index in [-0.39, 0.29) is 11.8 Å². The lowest BCUT2D eigenvalue weighted by molar-refractivity contribution is -0.134. The van der Waals surface area contributed by atoms with E-state index in [4.69, 9.17) is 0 Å². The predicted molar refractivity (Wildman–Crippen MR) is 87.6 cm³/mol. The van der Waals surface area contributed by atoms with Gasteiger partial charge in [0.05, 0.1) is 0 Å². The number of nitrogens with one attached hydrogen (secondary N) is 2. The minimum absolute atomic E-state index is 0.215. The second kappa shape index (κ2) is 6.20. The Morgan fingerprint density at radius 2 is 1.91 bits per heavy atom. The van der Waals surface area contributed by atoms with Gasteiger partial charge in [-0.05, 0) is 43.0 Å². The number of rotatable bonds is 5. The van der Waals surface area contributed by atoms with Gasteiger partial charge < -0.3 is 10.6 Å². The first kappa shape index (κ1) is 15.2. The molecule has 1 saturated carbocycles. The first-order chi connectivity index (χ1) is 11.1.